The summed E-state index contributed by atoms with van der Waals surface area (Å²) in [6, 6.07) is 6.95. The van der Waals surface area contributed by atoms with Gasteiger partial charge in [-0.15, -0.1) is 0 Å². The Bertz CT molecular complexity index is 400. The Labute approximate surface area is 130 Å². The first kappa shape index (κ1) is 18.0. The number of rotatable bonds is 10. The van der Waals surface area contributed by atoms with E-state index in [0.717, 1.165) is 32.0 Å². The normalized spacial score (nSPS) is 12.7. The third kappa shape index (κ3) is 5.68. The summed E-state index contributed by atoms with van der Waals surface area (Å²) in [5.41, 5.74) is 2.63. The average molecular weight is 292 g/mol. The molecule has 1 aromatic rings. The summed E-state index contributed by atoms with van der Waals surface area (Å²) in [5, 5.41) is 3.31. The van der Waals surface area contributed by atoms with Gasteiger partial charge in [-0.1, -0.05) is 19.9 Å². The van der Waals surface area contributed by atoms with Gasteiger partial charge in [0.25, 0.3) is 0 Å². The minimum Gasteiger partial charge on any atom is -0.494 e. The summed E-state index contributed by atoms with van der Waals surface area (Å²) in [6.07, 6.45) is 2.38. The van der Waals surface area contributed by atoms with Crippen molar-refractivity contribution in [1.82, 2.24) is 10.2 Å². The molecule has 0 heterocycles. The van der Waals surface area contributed by atoms with E-state index in [-0.39, 0.29) is 0 Å². The molecule has 1 aromatic carbocycles. The Hall–Kier alpha value is -1.06. The lowest BCUT2D eigenvalue weighted by atomic mass is 10.0. The van der Waals surface area contributed by atoms with Crippen LogP contribution >= 0.6 is 0 Å². The van der Waals surface area contributed by atoms with Crippen molar-refractivity contribution in [1.29, 1.82) is 0 Å². The Morgan fingerprint density at radius 3 is 2.33 bits per heavy atom. The van der Waals surface area contributed by atoms with Gasteiger partial charge in [0.15, 0.2) is 0 Å². The second-order valence-corrected chi connectivity index (χ2v) is 5.59. The molecule has 1 unspecified atom stereocenters. The van der Waals surface area contributed by atoms with E-state index in [2.05, 4.69) is 49.2 Å². The zero-order valence-electron chi connectivity index (χ0n) is 14.4. The fourth-order valence-electron chi connectivity index (χ4n) is 2.60. The van der Waals surface area contributed by atoms with E-state index in [0.29, 0.717) is 6.04 Å². The van der Waals surface area contributed by atoms with Gasteiger partial charge in [0.05, 0.1) is 6.61 Å². The Balaban J connectivity index is 2.97. The molecule has 1 atom stereocenters. The fraction of sp³-hybridized carbons (Fsp3) is 0.667. The number of benzene rings is 1. The summed E-state index contributed by atoms with van der Waals surface area (Å²) >= 11 is 0. The standard InChI is InChI=1S/C18H32N2O/c1-6-11-20(12-7-2)14-17-13-16(15(4)19-5)9-10-18(17)21-8-3/h9-10,13,15,19H,6-8,11-12,14H2,1-5H3. The molecule has 0 aliphatic carbocycles. The maximum atomic E-state index is 5.82. The maximum absolute atomic E-state index is 5.82. The predicted octanol–water partition coefficient (Wildman–Crippen LogP) is 3.99. The molecule has 0 radical (unpaired) electrons. The van der Waals surface area contributed by atoms with Crippen molar-refractivity contribution in [2.45, 2.75) is 53.1 Å². The molecule has 3 nitrogen and oxygen atoms in total. The van der Waals surface area contributed by atoms with E-state index in [1.165, 1.54) is 24.0 Å². The molecular weight excluding hydrogens is 260 g/mol. The van der Waals surface area contributed by atoms with Crippen LogP contribution in [0.25, 0.3) is 0 Å². The van der Waals surface area contributed by atoms with Gasteiger partial charge in [-0.2, -0.15) is 0 Å². The van der Waals surface area contributed by atoms with Gasteiger partial charge >= 0.3 is 0 Å². The van der Waals surface area contributed by atoms with Gasteiger partial charge < -0.3 is 10.1 Å². The van der Waals surface area contributed by atoms with Crippen LogP contribution < -0.4 is 10.1 Å². The van der Waals surface area contributed by atoms with Crippen molar-refractivity contribution in [2.24, 2.45) is 0 Å². The number of hydrogen-bond acceptors (Lipinski definition) is 3. The van der Waals surface area contributed by atoms with Gasteiger partial charge in [-0.25, -0.2) is 0 Å². The zero-order valence-corrected chi connectivity index (χ0v) is 14.4. The fourth-order valence-corrected chi connectivity index (χ4v) is 2.60. The molecule has 0 saturated heterocycles. The van der Waals surface area contributed by atoms with E-state index in [1.54, 1.807) is 0 Å². The molecule has 0 saturated carbocycles. The summed E-state index contributed by atoms with van der Waals surface area (Å²) in [7, 11) is 2.00. The van der Waals surface area contributed by atoms with Crippen LogP contribution in [0.3, 0.4) is 0 Å². The van der Waals surface area contributed by atoms with Crippen molar-refractivity contribution in [2.75, 3.05) is 26.7 Å². The first-order chi connectivity index (χ1) is 10.2. The minimum atomic E-state index is 0.366. The van der Waals surface area contributed by atoms with Crippen molar-refractivity contribution in [3.63, 3.8) is 0 Å². The van der Waals surface area contributed by atoms with E-state index < -0.39 is 0 Å². The van der Waals surface area contributed by atoms with Crippen LogP contribution in [0.5, 0.6) is 5.75 Å². The number of nitrogens with zero attached hydrogens (tertiary/aromatic N) is 1. The molecule has 0 bridgehead atoms. The topological polar surface area (TPSA) is 24.5 Å². The van der Waals surface area contributed by atoms with Crippen molar-refractivity contribution in [3.05, 3.63) is 29.3 Å². The van der Waals surface area contributed by atoms with Gasteiger partial charge in [-0.3, -0.25) is 4.90 Å². The lowest BCUT2D eigenvalue weighted by Crippen LogP contribution is -2.25. The highest BCUT2D eigenvalue weighted by Crippen LogP contribution is 2.25. The molecule has 0 aliphatic rings. The van der Waals surface area contributed by atoms with E-state index in [4.69, 9.17) is 4.74 Å². The molecule has 3 heteroatoms. The van der Waals surface area contributed by atoms with Gasteiger partial charge in [-0.05, 0) is 64.5 Å². The zero-order chi connectivity index (χ0) is 15.7. The largest absolute Gasteiger partial charge is 0.494 e. The SMILES string of the molecule is CCCN(CCC)Cc1cc(C(C)NC)ccc1OCC. The van der Waals surface area contributed by atoms with Crippen LogP contribution in [-0.2, 0) is 6.54 Å². The molecule has 1 rings (SSSR count). The predicted molar refractivity (Wildman–Crippen MR) is 90.9 cm³/mol. The molecule has 0 fully saturated rings. The van der Waals surface area contributed by atoms with Crippen LogP contribution in [0.15, 0.2) is 18.2 Å². The van der Waals surface area contributed by atoms with Gasteiger partial charge in [0.1, 0.15) is 5.75 Å². The molecule has 0 aromatic heterocycles. The third-order valence-corrected chi connectivity index (χ3v) is 3.79. The highest BCUT2D eigenvalue weighted by atomic mass is 16.5. The van der Waals surface area contributed by atoms with Gasteiger partial charge in [0.2, 0.25) is 0 Å². The maximum Gasteiger partial charge on any atom is 0.123 e. The van der Waals surface area contributed by atoms with Crippen molar-refractivity contribution >= 4 is 0 Å². The first-order valence-corrected chi connectivity index (χ1v) is 8.31. The minimum absolute atomic E-state index is 0.366. The van der Waals surface area contributed by atoms with Crippen molar-refractivity contribution in [3.8, 4) is 5.75 Å². The molecule has 120 valence electrons. The second kappa shape index (κ2) is 9.80. The first-order valence-electron chi connectivity index (χ1n) is 8.31. The Morgan fingerprint density at radius 2 is 1.81 bits per heavy atom. The monoisotopic (exact) mass is 292 g/mol. The second-order valence-electron chi connectivity index (χ2n) is 5.59. The Morgan fingerprint density at radius 1 is 1.14 bits per heavy atom. The summed E-state index contributed by atoms with van der Waals surface area (Å²) in [6.45, 7) is 12.7. The van der Waals surface area contributed by atoms with E-state index >= 15 is 0 Å². The van der Waals surface area contributed by atoms with Crippen LogP contribution in [0.1, 0.15) is 57.7 Å². The molecule has 21 heavy (non-hydrogen) atoms. The third-order valence-electron chi connectivity index (χ3n) is 3.79. The van der Waals surface area contributed by atoms with E-state index in [1.807, 2.05) is 14.0 Å². The average Bonchev–Trinajstić information content (AvgIpc) is 2.49. The molecule has 0 aliphatic heterocycles. The Kier molecular flexibility index (Phi) is 8.40. The number of ether oxygens (including phenoxy) is 1. The van der Waals surface area contributed by atoms with Gasteiger partial charge in [0, 0.05) is 18.2 Å². The summed E-state index contributed by atoms with van der Waals surface area (Å²) < 4.78 is 5.82. The highest BCUT2D eigenvalue weighted by Gasteiger charge is 2.12. The van der Waals surface area contributed by atoms with E-state index in [9.17, 15) is 0 Å². The summed E-state index contributed by atoms with van der Waals surface area (Å²) in [5.74, 6) is 1.03. The smallest absolute Gasteiger partial charge is 0.123 e. The van der Waals surface area contributed by atoms with Crippen LogP contribution in [0.2, 0.25) is 0 Å². The number of nitrogens with one attached hydrogen (secondary N) is 1. The van der Waals surface area contributed by atoms with Crippen molar-refractivity contribution < 1.29 is 4.74 Å². The van der Waals surface area contributed by atoms with Crippen LogP contribution in [0.4, 0.5) is 0 Å². The quantitative estimate of drug-likeness (QED) is 0.706. The highest BCUT2D eigenvalue weighted by molar-refractivity contribution is 5.38. The van der Waals surface area contributed by atoms with Crippen LogP contribution in [-0.4, -0.2) is 31.6 Å². The summed E-state index contributed by atoms with van der Waals surface area (Å²) in [4.78, 5) is 2.52. The molecule has 0 amide bonds. The number of hydrogen-bond donors (Lipinski definition) is 1. The lowest BCUT2D eigenvalue weighted by Gasteiger charge is -2.23. The molecule has 1 N–H and O–H groups in total. The molecular formula is C18H32N2O. The van der Waals surface area contributed by atoms with Crippen LogP contribution in [0, 0.1) is 0 Å². The molecule has 0 spiro atoms. The lowest BCUT2D eigenvalue weighted by molar-refractivity contribution is 0.258.